The van der Waals surface area contributed by atoms with Gasteiger partial charge in [0.05, 0.1) is 28.7 Å². The lowest BCUT2D eigenvalue weighted by atomic mass is 9.95. The smallest absolute Gasteiger partial charge is 0.257 e. The van der Waals surface area contributed by atoms with Crippen LogP contribution in [0.2, 0.25) is 0 Å². The molecular formula is C18H22FN3O2. The highest BCUT2D eigenvalue weighted by Crippen LogP contribution is 2.23. The van der Waals surface area contributed by atoms with Crippen molar-refractivity contribution in [1.29, 1.82) is 0 Å². The Bertz CT molecular complexity index is 754. The third-order valence-corrected chi connectivity index (χ3v) is 4.78. The van der Waals surface area contributed by atoms with E-state index in [1.54, 1.807) is 28.6 Å². The van der Waals surface area contributed by atoms with Crippen molar-refractivity contribution in [2.24, 2.45) is 5.92 Å². The van der Waals surface area contributed by atoms with E-state index in [-0.39, 0.29) is 17.6 Å². The van der Waals surface area contributed by atoms with Crippen LogP contribution in [-0.4, -0.2) is 44.9 Å². The summed E-state index contributed by atoms with van der Waals surface area (Å²) in [5.74, 6) is -0.213. The predicted molar refractivity (Wildman–Crippen MR) is 88.7 cm³/mol. The number of carbonyl (C=O) groups excluding carboxylic acids is 1. The van der Waals surface area contributed by atoms with Gasteiger partial charge in [0.15, 0.2) is 0 Å². The molecule has 2 unspecified atom stereocenters. The van der Waals surface area contributed by atoms with Crippen LogP contribution in [0.3, 0.4) is 0 Å². The zero-order chi connectivity index (χ0) is 17.4. The lowest BCUT2D eigenvalue weighted by Crippen LogP contribution is -2.46. The highest BCUT2D eigenvalue weighted by Gasteiger charge is 2.30. The average Bonchev–Trinajstić information content (AvgIpc) is 2.85. The maximum Gasteiger partial charge on any atom is 0.257 e. The van der Waals surface area contributed by atoms with Gasteiger partial charge in [-0.25, -0.2) is 9.07 Å². The quantitative estimate of drug-likeness (QED) is 0.920. The number of β-amino-alcohol motifs (C(OH)–C–C–N with tert-alkyl or cyclic N) is 1. The second-order valence-corrected chi connectivity index (χ2v) is 6.52. The fourth-order valence-corrected chi connectivity index (χ4v) is 3.18. The Hall–Kier alpha value is -2.21. The van der Waals surface area contributed by atoms with Gasteiger partial charge in [-0.2, -0.15) is 5.10 Å². The first-order valence-electron chi connectivity index (χ1n) is 8.18. The van der Waals surface area contributed by atoms with Crippen LogP contribution < -0.4 is 0 Å². The van der Waals surface area contributed by atoms with Gasteiger partial charge in [-0.1, -0.05) is 6.92 Å². The minimum Gasteiger partial charge on any atom is -0.391 e. The Morgan fingerprint density at radius 3 is 2.58 bits per heavy atom. The van der Waals surface area contributed by atoms with Crippen molar-refractivity contribution < 1.29 is 14.3 Å². The summed E-state index contributed by atoms with van der Waals surface area (Å²) in [4.78, 5) is 14.6. The molecule has 0 spiro atoms. The maximum absolute atomic E-state index is 13.1. The molecule has 3 rings (SSSR count). The number of nitrogens with zero attached hydrogens (tertiary/aromatic N) is 3. The van der Waals surface area contributed by atoms with Crippen LogP contribution in [0, 0.1) is 25.6 Å². The van der Waals surface area contributed by atoms with Crippen molar-refractivity contribution in [3.05, 3.63) is 47.0 Å². The summed E-state index contributed by atoms with van der Waals surface area (Å²) in [6.45, 7) is 6.61. The van der Waals surface area contributed by atoms with Gasteiger partial charge in [-0.15, -0.1) is 0 Å². The van der Waals surface area contributed by atoms with E-state index in [4.69, 9.17) is 0 Å². The lowest BCUT2D eigenvalue weighted by Gasteiger charge is -2.34. The van der Waals surface area contributed by atoms with Gasteiger partial charge in [0, 0.05) is 13.1 Å². The number of piperidine rings is 1. The fraction of sp³-hybridized carbons (Fsp3) is 0.444. The van der Waals surface area contributed by atoms with Gasteiger partial charge in [0.2, 0.25) is 0 Å². The van der Waals surface area contributed by atoms with Gasteiger partial charge >= 0.3 is 0 Å². The molecule has 6 heteroatoms. The Morgan fingerprint density at radius 2 is 1.96 bits per heavy atom. The average molecular weight is 331 g/mol. The number of aromatic nitrogens is 2. The van der Waals surface area contributed by atoms with Crippen molar-refractivity contribution >= 4 is 5.91 Å². The Kier molecular flexibility index (Phi) is 4.41. The molecule has 1 aliphatic heterocycles. The molecule has 1 aliphatic rings. The van der Waals surface area contributed by atoms with E-state index in [0.29, 0.717) is 30.0 Å². The van der Waals surface area contributed by atoms with Gasteiger partial charge in [0.25, 0.3) is 5.91 Å². The molecule has 2 heterocycles. The minimum atomic E-state index is -0.490. The molecule has 1 saturated heterocycles. The molecule has 128 valence electrons. The summed E-state index contributed by atoms with van der Waals surface area (Å²) in [5, 5.41) is 14.5. The fourth-order valence-electron chi connectivity index (χ4n) is 3.18. The van der Waals surface area contributed by atoms with Gasteiger partial charge < -0.3 is 10.0 Å². The van der Waals surface area contributed by atoms with E-state index in [1.807, 2.05) is 13.8 Å². The number of hydrogen-bond donors (Lipinski definition) is 1. The summed E-state index contributed by atoms with van der Waals surface area (Å²) in [6.07, 6.45) is 0.298. The zero-order valence-electron chi connectivity index (χ0n) is 14.2. The normalized spacial score (nSPS) is 21.1. The first kappa shape index (κ1) is 16.6. The molecule has 0 radical (unpaired) electrons. The molecule has 2 atom stereocenters. The molecule has 1 amide bonds. The van der Waals surface area contributed by atoms with Crippen molar-refractivity contribution in [2.75, 3.05) is 13.1 Å². The summed E-state index contributed by atoms with van der Waals surface area (Å²) in [5.41, 5.74) is 2.62. The van der Waals surface area contributed by atoms with Crippen molar-refractivity contribution in [2.45, 2.75) is 33.3 Å². The summed E-state index contributed by atoms with van der Waals surface area (Å²) in [7, 11) is 0. The molecular weight excluding hydrogens is 309 g/mol. The minimum absolute atomic E-state index is 0.107. The lowest BCUT2D eigenvalue weighted by molar-refractivity contribution is 0.0248. The Labute approximate surface area is 140 Å². The van der Waals surface area contributed by atoms with Crippen molar-refractivity contribution in [3.63, 3.8) is 0 Å². The van der Waals surface area contributed by atoms with Crippen LogP contribution in [0.5, 0.6) is 0 Å². The maximum atomic E-state index is 13.1. The van der Waals surface area contributed by atoms with Gasteiger partial charge in [-0.3, -0.25) is 4.79 Å². The zero-order valence-corrected chi connectivity index (χ0v) is 14.2. The van der Waals surface area contributed by atoms with E-state index >= 15 is 0 Å². The molecule has 2 aromatic rings. The van der Waals surface area contributed by atoms with Crippen LogP contribution in [-0.2, 0) is 0 Å². The molecule has 1 N–H and O–H groups in total. The van der Waals surface area contributed by atoms with E-state index in [9.17, 15) is 14.3 Å². The first-order chi connectivity index (χ1) is 11.4. The largest absolute Gasteiger partial charge is 0.391 e. The molecule has 0 aliphatic carbocycles. The molecule has 1 fully saturated rings. The standard InChI is InChI=1S/C18H22FN3O2/c1-11-8-9-21(10-16(11)23)18(24)17-12(2)20-22(13(17)3)15-6-4-14(19)5-7-15/h4-7,11,16,23H,8-10H2,1-3H3. The molecule has 24 heavy (non-hydrogen) atoms. The first-order valence-corrected chi connectivity index (χ1v) is 8.18. The second-order valence-electron chi connectivity index (χ2n) is 6.52. The van der Waals surface area contributed by atoms with Crippen LogP contribution in [0.4, 0.5) is 4.39 Å². The molecule has 0 bridgehead atoms. The summed E-state index contributed by atoms with van der Waals surface area (Å²) in [6, 6.07) is 6.01. The number of hydrogen-bond acceptors (Lipinski definition) is 3. The van der Waals surface area contributed by atoms with Crippen LogP contribution in [0.1, 0.15) is 35.1 Å². The molecule has 1 aromatic carbocycles. The summed E-state index contributed by atoms with van der Waals surface area (Å²) < 4.78 is 14.8. The third-order valence-electron chi connectivity index (χ3n) is 4.78. The van der Waals surface area contributed by atoms with Gasteiger partial charge in [-0.05, 0) is 50.5 Å². The Morgan fingerprint density at radius 1 is 1.29 bits per heavy atom. The third kappa shape index (κ3) is 2.94. The summed E-state index contributed by atoms with van der Waals surface area (Å²) >= 11 is 0. The number of rotatable bonds is 2. The SMILES string of the molecule is Cc1nn(-c2ccc(F)cc2)c(C)c1C(=O)N1CCC(C)C(O)C1. The Balaban J connectivity index is 1.91. The van der Waals surface area contributed by atoms with E-state index in [2.05, 4.69) is 5.10 Å². The second kappa shape index (κ2) is 6.36. The van der Waals surface area contributed by atoms with Crippen molar-refractivity contribution in [3.8, 4) is 5.69 Å². The van der Waals surface area contributed by atoms with E-state index in [0.717, 1.165) is 12.1 Å². The number of aliphatic hydroxyl groups is 1. The number of aliphatic hydroxyl groups excluding tert-OH is 1. The van der Waals surface area contributed by atoms with E-state index in [1.165, 1.54) is 12.1 Å². The van der Waals surface area contributed by atoms with Crippen LogP contribution >= 0.6 is 0 Å². The van der Waals surface area contributed by atoms with Crippen molar-refractivity contribution in [1.82, 2.24) is 14.7 Å². The van der Waals surface area contributed by atoms with Gasteiger partial charge in [0.1, 0.15) is 5.82 Å². The number of halogens is 1. The highest BCUT2D eigenvalue weighted by atomic mass is 19.1. The molecule has 1 aromatic heterocycles. The molecule has 5 nitrogen and oxygen atoms in total. The van der Waals surface area contributed by atoms with Crippen LogP contribution in [0.15, 0.2) is 24.3 Å². The highest BCUT2D eigenvalue weighted by molar-refractivity contribution is 5.96. The van der Waals surface area contributed by atoms with E-state index < -0.39 is 6.10 Å². The number of benzene rings is 1. The number of likely N-dealkylation sites (tertiary alicyclic amines) is 1. The number of carbonyl (C=O) groups is 1. The topological polar surface area (TPSA) is 58.4 Å². The number of amides is 1. The number of aryl methyl sites for hydroxylation is 1. The monoisotopic (exact) mass is 331 g/mol. The molecule has 0 saturated carbocycles. The predicted octanol–water partition coefficient (Wildman–Crippen LogP) is 2.47. The van der Waals surface area contributed by atoms with Crippen LogP contribution in [0.25, 0.3) is 5.69 Å².